The van der Waals surface area contributed by atoms with Crippen LogP contribution in [0.4, 0.5) is 4.79 Å². The van der Waals surface area contributed by atoms with E-state index in [1.54, 1.807) is 13.8 Å². The van der Waals surface area contributed by atoms with Gasteiger partial charge < -0.3 is 14.8 Å². The van der Waals surface area contributed by atoms with Crippen LogP contribution in [0, 0.1) is 17.8 Å². The van der Waals surface area contributed by atoms with Crippen molar-refractivity contribution in [2.75, 3.05) is 13.2 Å². The molecule has 0 aliphatic rings. The van der Waals surface area contributed by atoms with Crippen molar-refractivity contribution in [1.29, 1.82) is 0 Å². The van der Waals surface area contributed by atoms with E-state index >= 15 is 0 Å². The van der Waals surface area contributed by atoms with Crippen molar-refractivity contribution < 1.29 is 19.1 Å². The van der Waals surface area contributed by atoms with Crippen LogP contribution in [0.15, 0.2) is 0 Å². The number of alkyl carbamates (subject to hydrolysis) is 1. The molecule has 96 valence electrons. The van der Waals surface area contributed by atoms with E-state index in [2.05, 4.69) is 21.9 Å². The number of hydrogen-bond acceptors (Lipinski definition) is 4. The Morgan fingerprint density at radius 3 is 2.41 bits per heavy atom. The van der Waals surface area contributed by atoms with E-state index in [-0.39, 0.29) is 12.5 Å². The van der Waals surface area contributed by atoms with Crippen LogP contribution < -0.4 is 5.32 Å². The van der Waals surface area contributed by atoms with Crippen LogP contribution in [0.5, 0.6) is 0 Å². The van der Waals surface area contributed by atoms with Crippen molar-refractivity contribution in [3.63, 3.8) is 0 Å². The first kappa shape index (κ1) is 15.3. The predicted octanol–water partition coefficient (Wildman–Crippen LogP) is 1.32. The molecule has 1 unspecified atom stereocenters. The molecule has 0 spiro atoms. The number of hydrogen-bond donors (Lipinski definition) is 1. The number of carbonyl (C=O) groups excluding carboxylic acids is 2. The number of carbonyl (C=O) groups is 2. The summed E-state index contributed by atoms with van der Waals surface area (Å²) in [6, 6.07) is -0.459. The molecule has 0 saturated heterocycles. The van der Waals surface area contributed by atoms with Gasteiger partial charge >= 0.3 is 12.1 Å². The van der Waals surface area contributed by atoms with Gasteiger partial charge in [0.1, 0.15) is 0 Å². The fraction of sp³-hybridized carbons (Fsp3) is 0.667. The quantitative estimate of drug-likeness (QED) is 0.458. The van der Waals surface area contributed by atoms with E-state index in [4.69, 9.17) is 4.74 Å². The van der Waals surface area contributed by atoms with Gasteiger partial charge in [0.25, 0.3) is 0 Å². The zero-order valence-electron chi connectivity index (χ0n) is 10.7. The van der Waals surface area contributed by atoms with Crippen molar-refractivity contribution in [2.24, 2.45) is 5.92 Å². The molecule has 1 N–H and O–H groups in total. The molecule has 0 aliphatic carbocycles. The summed E-state index contributed by atoms with van der Waals surface area (Å²) in [7, 11) is 0. The van der Waals surface area contributed by atoms with Crippen LogP contribution in [0.25, 0.3) is 0 Å². The molecule has 5 nitrogen and oxygen atoms in total. The zero-order valence-corrected chi connectivity index (χ0v) is 10.7. The molecule has 0 rings (SSSR count). The second-order valence-corrected chi connectivity index (χ2v) is 3.85. The van der Waals surface area contributed by atoms with E-state index in [9.17, 15) is 9.59 Å². The summed E-state index contributed by atoms with van der Waals surface area (Å²) in [6.45, 7) is 7.87. The summed E-state index contributed by atoms with van der Waals surface area (Å²) in [6.07, 6.45) is -0.538. The van der Waals surface area contributed by atoms with Crippen molar-refractivity contribution in [2.45, 2.75) is 33.7 Å². The average Bonchev–Trinajstić information content (AvgIpc) is 2.24. The molecule has 5 heteroatoms. The molecule has 0 radical (unpaired) electrons. The minimum absolute atomic E-state index is 0.279. The number of amides is 1. The van der Waals surface area contributed by atoms with E-state index in [0.717, 1.165) is 0 Å². The fourth-order valence-electron chi connectivity index (χ4n) is 0.831. The van der Waals surface area contributed by atoms with Gasteiger partial charge in [-0.1, -0.05) is 19.8 Å². The standard InChI is InChI=1S/C12H19NO4/c1-5-16-11(14)7-6-10(4)13-12(15)17-8-9(2)3/h9-10H,5,8H2,1-4H3,(H,13,15). The van der Waals surface area contributed by atoms with Crippen LogP contribution in [-0.4, -0.2) is 31.3 Å². The topological polar surface area (TPSA) is 64.6 Å². The van der Waals surface area contributed by atoms with Gasteiger partial charge in [-0.3, -0.25) is 0 Å². The first-order valence-corrected chi connectivity index (χ1v) is 5.57. The van der Waals surface area contributed by atoms with Crippen LogP contribution in [0.2, 0.25) is 0 Å². The summed E-state index contributed by atoms with van der Waals surface area (Å²) in [4.78, 5) is 22.1. The molecule has 0 aromatic rings. The number of ether oxygens (including phenoxy) is 2. The molecule has 0 aromatic heterocycles. The first-order valence-electron chi connectivity index (χ1n) is 5.57. The maximum atomic E-state index is 11.2. The molecule has 0 aliphatic heterocycles. The normalized spacial score (nSPS) is 11.1. The maximum absolute atomic E-state index is 11.2. The molecule has 17 heavy (non-hydrogen) atoms. The molecule has 0 heterocycles. The Bertz CT molecular complexity index is 314. The molecule has 1 atom stereocenters. The molecular weight excluding hydrogens is 222 g/mol. The van der Waals surface area contributed by atoms with Crippen molar-refractivity contribution in [1.82, 2.24) is 5.32 Å². The van der Waals surface area contributed by atoms with Gasteiger partial charge in [-0.15, -0.1) is 0 Å². The molecule has 1 amide bonds. The molecule has 0 fully saturated rings. The third kappa shape index (κ3) is 9.24. The van der Waals surface area contributed by atoms with Crippen LogP contribution in [0.1, 0.15) is 27.7 Å². The van der Waals surface area contributed by atoms with Gasteiger partial charge in [0.05, 0.1) is 19.3 Å². The average molecular weight is 241 g/mol. The summed E-state index contributed by atoms with van der Waals surface area (Å²) in [5.41, 5.74) is 0. The predicted molar refractivity (Wildman–Crippen MR) is 63.2 cm³/mol. The maximum Gasteiger partial charge on any atom is 0.408 e. The SMILES string of the molecule is CCOC(=O)C#CC(C)NC(=O)OCC(C)C. The van der Waals surface area contributed by atoms with Crippen molar-refractivity contribution in [3.8, 4) is 11.8 Å². The second-order valence-electron chi connectivity index (χ2n) is 3.85. The van der Waals surface area contributed by atoms with Crippen LogP contribution >= 0.6 is 0 Å². The lowest BCUT2D eigenvalue weighted by Crippen LogP contribution is -2.32. The lowest BCUT2D eigenvalue weighted by atomic mass is 10.2. The smallest absolute Gasteiger partial charge is 0.408 e. The second kappa shape index (κ2) is 8.45. The minimum atomic E-state index is -0.600. The summed E-state index contributed by atoms with van der Waals surface area (Å²) >= 11 is 0. The summed E-state index contributed by atoms with van der Waals surface area (Å²) < 4.78 is 9.51. The third-order valence-corrected chi connectivity index (χ3v) is 1.55. The highest BCUT2D eigenvalue weighted by Crippen LogP contribution is 1.93. The first-order chi connectivity index (χ1) is 7.95. The van der Waals surface area contributed by atoms with E-state index in [1.165, 1.54) is 0 Å². The highest BCUT2D eigenvalue weighted by molar-refractivity contribution is 5.88. The van der Waals surface area contributed by atoms with Crippen molar-refractivity contribution >= 4 is 12.1 Å². The Morgan fingerprint density at radius 1 is 1.24 bits per heavy atom. The summed E-state index contributed by atoms with van der Waals surface area (Å²) in [5.74, 6) is 4.50. The Morgan fingerprint density at radius 2 is 1.88 bits per heavy atom. The number of rotatable bonds is 4. The Balaban J connectivity index is 3.96. The van der Waals surface area contributed by atoms with Gasteiger partial charge in [-0.2, -0.15) is 0 Å². The third-order valence-electron chi connectivity index (χ3n) is 1.55. The Kier molecular flexibility index (Phi) is 7.61. The molecule has 0 saturated carbocycles. The number of nitrogens with one attached hydrogen (secondary N) is 1. The Labute approximate surface area is 102 Å². The molecule has 0 aromatic carbocycles. The molecule has 0 bridgehead atoms. The number of esters is 1. The largest absolute Gasteiger partial charge is 0.456 e. The van der Waals surface area contributed by atoms with E-state index in [0.29, 0.717) is 6.61 Å². The van der Waals surface area contributed by atoms with Gasteiger partial charge in [0.2, 0.25) is 0 Å². The highest BCUT2D eigenvalue weighted by Gasteiger charge is 2.06. The van der Waals surface area contributed by atoms with Gasteiger partial charge in [-0.25, -0.2) is 9.59 Å². The lowest BCUT2D eigenvalue weighted by molar-refractivity contribution is -0.136. The van der Waals surface area contributed by atoms with Gasteiger partial charge in [-0.05, 0) is 19.8 Å². The highest BCUT2D eigenvalue weighted by atomic mass is 16.5. The summed E-state index contributed by atoms with van der Waals surface area (Å²) in [5, 5.41) is 2.49. The monoisotopic (exact) mass is 241 g/mol. The van der Waals surface area contributed by atoms with Crippen LogP contribution in [0.3, 0.4) is 0 Å². The molecular formula is C12H19NO4. The van der Waals surface area contributed by atoms with Crippen LogP contribution in [-0.2, 0) is 14.3 Å². The zero-order chi connectivity index (χ0) is 13.3. The van der Waals surface area contributed by atoms with Crippen molar-refractivity contribution in [3.05, 3.63) is 0 Å². The van der Waals surface area contributed by atoms with Gasteiger partial charge in [0.15, 0.2) is 0 Å². The fourth-order valence-corrected chi connectivity index (χ4v) is 0.831. The minimum Gasteiger partial charge on any atom is -0.456 e. The van der Waals surface area contributed by atoms with Gasteiger partial charge in [0, 0.05) is 5.92 Å². The Hall–Kier alpha value is -1.70. The van der Waals surface area contributed by atoms with E-state index < -0.39 is 18.1 Å². The lowest BCUT2D eigenvalue weighted by Gasteiger charge is -2.10. The van der Waals surface area contributed by atoms with E-state index in [1.807, 2.05) is 13.8 Å².